The van der Waals surface area contributed by atoms with Crippen molar-refractivity contribution in [1.29, 1.82) is 0 Å². The number of aromatic nitrogens is 3. The van der Waals surface area contributed by atoms with E-state index in [1.807, 2.05) is 19.1 Å². The first-order chi connectivity index (χ1) is 14.5. The quantitative estimate of drug-likeness (QED) is 0.448. The van der Waals surface area contributed by atoms with Gasteiger partial charge in [0.25, 0.3) is 0 Å². The summed E-state index contributed by atoms with van der Waals surface area (Å²) in [7, 11) is 0. The zero-order chi connectivity index (χ0) is 21.3. The maximum atomic E-state index is 13.1. The van der Waals surface area contributed by atoms with E-state index in [0.29, 0.717) is 43.4 Å². The lowest BCUT2D eigenvalue weighted by molar-refractivity contribution is -0.120. The van der Waals surface area contributed by atoms with E-state index in [-0.39, 0.29) is 10.9 Å². The van der Waals surface area contributed by atoms with Crippen LogP contribution in [-0.4, -0.2) is 34.2 Å². The number of pyridine rings is 1. The fraction of sp³-hybridized carbons (Fsp3) is 0.238. The number of carbonyl (C=O) groups is 1. The maximum absolute atomic E-state index is 13.1. The molecule has 3 aromatic rings. The van der Waals surface area contributed by atoms with Crippen LogP contribution in [0.25, 0.3) is 0 Å². The lowest BCUT2D eigenvalue weighted by atomic mass is 10.1. The molecule has 30 heavy (non-hydrogen) atoms. The molecule has 3 N–H and O–H groups in total. The van der Waals surface area contributed by atoms with E-state index < -0.39 is 5.82 Å². The first-order valence-electron chi connectivity index (χ1n) is 9.47. The van der Waals surface area contributed by atoms with Crippen LogP contribution in [0, 0.1) is 12.7 Å². The molecule has 0 atom stereocenters. The number of hydrogen-bond donors (Lipinski definition) is 3. The summed E-state index contributed by atoms with van der Waals surface area (Å²) in [5, 5.41) is 17.2. The molecule has 0 spiro atoms. The number of hydrogen-bond acceptors (Lipinski definition) is 6. The number of rotatable bonds is 9. The highest BCUT2D eigenvalue weighted by Gasteiger charge is 2.05. The number of nitrogens with one attached hydrogen (secondary N) is 3. The molecule has 0 bridgehead atoms. The Morgan fingerprint density at radius 1 is 1.03 bits per heavy atom. The summed E-state index contributed by atoms with van der Waals surface area (Å²) in [6.45, 7) is 2.92. The van der Waals surface area contributed by atoms with Crippen LogP contribution in [0.5, 0.6) is 0 Å². The zero-order valence-corrected chi connectivity index (χ0v) is 17.2. The van der Waals surface area contributed by atoms with Crippen LogP contribution in [-0.2, 0) is 11.2 Å². The van der Waals surface area contributed by atoms with Crippen LogP contribution in [0.3, 0.4) is 0 Å². The topological polar surface area (TPSA) is 91.8 Å². The molecule has 3 rings (SSSR count). The second-order valence-electron chi connectivity index (χ2n) is 6.67. The summed E-state index contributed by atoms with van der Waals surface area (Å²) in [6.07, 6.45) is 2.57. The normalized spacial score (nSPS) is 10.5. The SMILES string of the molecule is Cc1ccc(Nc2ccc(NCCNC(=O)CCc3ccc(F)c(Cl)c3)nn2)nc1. The predicted molar refractivity (Wildman–Crippen MR) is 116 cm³/mol. The molecule has 0 radical (unpaired) electrons. The Morgan fingerprint density at radius 3 is 2.50 bits per heavy atom. The van der Waals surface area contributed by atoms with Crippen molar-refractivity contribution in [2.75, 3.05) is 23.7 Å². The number of anilines is 3. The highest BCUT2D eigenvalue weighted by atomic mass is 35.5. The van der Waals surface area contributed by atoms with Crippen molar-refractivity contribution in [3.05, 3.63) is 70.6 Å². The summed E-state index contributed by atoms with van der Waals surface area (Å²) in [4.78, 5) is 16.2. The van der Waals surface area contributed by atoms with Gasteiger partial charge in [0.1, 0.15) is 17.5 Å². The minimum Gasteiger partial charge on any atom is -0.367 e. The van der Waals surface area contributed by atoms with Gasteiger partial charge in [-0.2, -0.15) is 0 Å². The van der Waals surface area contributed by atoms with Crippen LogP contribution in [0.2, 0.25) is 5.02 Å². The van der Waals surface area contributed by atoms with Crippen LogP contribution in [0.4, 0.5) is 21.8 Å². The molecule has 1 amide bonds. The number of nitrogens with zero attached hydrogens (tertiary/aromatic N) is 3. The van der Waals surface area contributed by atoms with E-state index in [0.717, 1.165) is 11.1 Å². The van der Waals surface area contributed by atoms with Crippen molar-refractivity contribution in [3.8, 4) is 0 Å². The van der Waals surface area contributed by atoms with Crippen molar-refractivity contribution in [1.82, 2.24) is 20.5 Å². The summed E-state index contributed by atoms with van der Waals surface area (Å²) in [5.41, 5.74) is 1.90. The van der Waals surface area contributed by atoms with Crippen LogP contribution in [0.1, 0.15) is 17.5 Å². The standard InChI is InChI=1S/C21H22ClFN6O/c1-14-2-6-18(26-13-14)27-20-8-7-19(28-29-20)24-10-11-25-21(30)9-4-15-3-5-17(23)16(22)12-15/h2-3,5-8,12-13H,4,9-11H2,1H3,(H,24,28)(H,25,30)(H,26,27,29). The first-order valence-corrected chi connectivity index (χ1v) is 9.85. The molecule has 7 nitrogen and oxygen atoms in total. The Labute approximate surface area is 179 Å². The molecule has 2 heterocycles. The summed E-state index contributed by atoms with van der Waals surface area (Å²) in [5.74, 6) is 1.34. The molecular weight excluding hydrogens is 407 g/mol. The van der Waals surface area contributed by atoms with Gasteiger partial charge in [-0.05, 0) is 54.8 Å². The van der Waals surface area contributed by atoms with Gasteiger partial charge < -0.3 is 16.0 Å². The molecular formula is C21H22ClFN6O. The van der Waals surface area contributed by atoms with Crippen LogP contribution in [0.15, 0.2) is 48.7 Å². The molecule has 0 unspecified atom stereocenters. The third-order valence-electron chi connectivity index (χ3n) is 4.21. The molecule has 156 valence electrons. The Morgan fingerprint density at radius 2 is 1.80 bits per heavy atom. The van der Waals surface area contributed by atoms with Gasteiger partial charge in [-0.3, -0.25) is 4.79 Å². The minimum atomic E-state index is -0.463. The molecule has 0 saturated carbocycles. The summed E-state index contributed by atoms with van der Waals surface area (Å²) in [6, 6.07) is 11.9. The summed E-state index contributed by atoms with van der Waals surface area (Å²) < 4.78 is 13.1. The van der Waals surface area contributed by atoms with E-state index in [1.54, 1.807) is 24.4 Å². The van der Waals surface area contributed by atoms with Gasteiger partial charge in [-0.25, -0.2) is 9.37 Å². The zero-order valence-electron chi connectivity index (χ0n) is 16.5. The Bertz CT molecular complexity index is 982. The predicted octanol–water partition coefficient (Wildman–Crippen LogP) is 3.88. The second-order valence-corrected chi connectivity index (χ2v) is 7.08. The molecule has 0 saturated heterocycles. The first kappa shape index (κ1) is 21.4. The van der Waals surface area contributed by atoms with Gasteiger partial charge in [0, 0.05) is 25.7 Å². The van der Waals surface area contributed by atoms with Gasteiger partial charge in [-0.15, -0.1) is 10.2 Å². The largest absolute Gasteiger partial charge is 0.367 e. The average molecular weight is 429 g/mol. The average Bonchev–Trinajstić information content (AvgIpc) is 2.75. The Kier molecular flexibility index (Phi) is 7.51. The van der Waals surface area contributed by atoms with Gasteiger partial charge in [-0.1, -0.05) is 23.7 Å². The molecule has 9 heteroatoms. The molecule has 0 aliphatic heterocycles. The van der Waals surface area contributed by atoms with Crippen molar-refractivity contribution in [2.24, 2.45) is 0 Å². The van der Waals surface area contributed by atoms with Crippen LogP contribution >= 0.6 is 11.6 Å². The smallest absolute Gasteiger partial charge is 0.220 e. The number of aryl methyl sites for hydroxylation is 2. The fourth-order valence-electron chi connectivity index (χ4n) is 2.60. The monoisotopic (exact) mass is 428 g/mol. The fourth-order valence-corrected chi connectivity index (χ4v) is 2.80. The Hall–Kier alpha value is -3.26. The number of carbonyl (C=O) groups excluding carboxylic acids is 1. The van der Waals surface area contributed by atoms with Gasteiger partial charge in [0.15, 0.2) is 5.82 Å². The maximum Gasteiger partial charge on any atom is 0.220 e. The van der Waals surface area contributed by atoms with Crippen molar-refractivity contribution >= 4 is 35.0 Å². The third kappa shape index (κ3) is 6.66. The highest BCUT2D eigenvalue weighted by Crippen LogP contribution is 2.17. The van der Waals surface area contributed by atoms with E-state index in [2.05, 4.69) is 31.1 Å². The van der Waals surface area contributed by atoms with Crippen molar-refractivity contribution in [3.63, 3.8) is 0 Å². The van der Waals surface area contributed by atoms with Crippen molar-refractivity contribution in [2.45, 2.75) is 19.8 Å². The highest BCUT2D eigenvalue weighted by molar-refractivity contribution is 6.30. The summed E-state index contributed by atoms with van der Waals surface area (Å²) >= 11 is 5.74. The third-order valence-corrected chi connectivity index (χ3v) is 4.50. The van der Waals surface area contributed by atoms with Gasteiger partial charge in [0.2, 0.25) is 5.91 Å². The van der Waals surface area contributed by atoms with Crippen LogP contribution < -0.4 is 16.0 Å². The number of benzene rings is 1. The molecule has 2 aromatic heterocycles. The molecule has 0 aliphatic carbocycles. The Balaban J connectivity index is 1.35. The lowest BCUT2D eigenvalue weighted by Gasteiger charge is -2.08. The molecule has 0 aliphatic rings. The minimum absolute atomic E-state index is 0.0644. The number of halogens is 2. The second kappa shape index (κ2) is 10.5. The van der Waals surface area contributed by atoms with Crippen molar-refractivity contribution < 1.29 is 9.18 Å². The molecule has 0 fully saturated rings. The van der Waals surface area contributed by atoms with Gasteiger partial charge in [0.05, 0.1) is 5.02 Å². The molecule has 1 aromatic carbocycles. The van der Waals surface area contributed by atoms with Gasteiger partial charge >= 0.3 is 0 Å². The number of amides is 1. The van der Waals surface area contributed by atoms with E-state index in [1.165, 1.54) is 12.1 Å². The van der Waals surface area contributed by atoms with E-state index >= 15 is 0 Å². The lowest BCUT2D eigenvalue weighted by Crippen LogP contribution is -2.29. The van der Waals surface area contributed by atoms with E-state index in [4.69, 9.17) is 11.6 Å². The van der Waals surface area contributed by atoms with E-state index in [9.17, 15) is 9.18 Å².